The van der Waals surface area contributed by atoms with Gasteiger partial charge >= 0.3 is 6.09 Å². The van der Waals surface area contributed by atoms with Crippen molar-refractivity contribution in [2.45, 2.75) is 51.2 Å². The molecule has 2 aromatic carbocycles. The summed E-state index contributed by atoms with van der Waals surface area (Å²) in [4.78, 5) is 27.4. The first-order valence-corrected chi connectivity index (χ1v) is 12.8. The summed E-state index contributed by atoms with van der Waals surface area (Å²) in [6.45, 7) is 3.64. The summed E-state index contributed by atoms with van der Waals surface area (Å²) in [7, 11) is -4.00. The third kappa shape index (κ3) is 6.63. The van der Waals surface area contributed by atoms with E-state index in [2.05, 4.69) is 0 Å². The van der Waals surface area contributed by atoms with E-state index in [9.17, 15) is 18.0 Å². The van der Waals surface area contributed by atoms with Gasteiger partial charge in [-0.2, -0.15) is 8.42 Å². The molecule has 0 bridgehead atoms. The lowest BCUT2D eigenvalue weighted by Crippen LogP contribution is -2.49. The molecule has 3 atom stereocenters. The third-order valence-electron chi connectivity index (χ3n) is 5.24. The fraction of sp³-hybridized carbons (Fsp3) is 0.417. The van der Waals surface area contributed by atoms with Crippen LogP contribution in [-0.2, 0) is 41.5 Å². The number of amides is 2. The lowest BCUT2D eigenvalue weighted by atomic mass is 9.99. The highest BCUT2D eigenvalue weighted by atomic mass is 32.2. The topological polar surface area (TPSA) is 125 Å². The Balaban J connectivity index is 2.00. The highest BCUT2D eigenvalue weighted by molar-refractivity contribution is 7.86. The van der Waals surface area contributed by atoms with E-state index in [4.69, 9.17) is 19.4 Å². The Labute approximate surface area is 199 Å². The fourth-order valence-electron chi connectivity index (χ4n) is 3.82. The van der Waals surface area contributed by atoms with Crippen LogP contribution in [0.25, 0.3) is 0 Å². The van der Waals surface area contributed by atoms with E-state index < -0.39 is 46.5 Å². The molecule has 0 unspecified atom stereocenters. The second-order valence-corrected chi connectivity index (χ2v) is 10.0. The van der Waals surface area contributed by atoms with Gasteiger partial charge in [-0.15, -0.1) is 0 Å². The number of ether oxygens (including phenoxy) is 2. The van der Waals surface area contributed by atoms with Crippen LogP contribution in [0.2, 0.25) is 0 Å². The molecule has 0 aliphatic carbocycles. The third-order valence-corrected chi connectivity index (χ3v) is 5.80. The van der Waals surface area contributed by atoms with Gasteiger partial charge in [0.25, 0.3) is 16.0 Å². The van der Waals surface area contributed by atoms with Gasteiger partial charge in [0, 0.05) is 6.54 Å². The lowest BCUT2D eigenvalue weighted by molar-refractivity contribution is -0.152. The van der Waals surface area contributed by atoms with E-state index in [1.165, 1.54) is 0 Å². The van der Waals surface area contributed by atoms with Crippen molar-refractivity contribution >= 4 is 22.1 Å². The first-order valence-electron chi connectivity index (χ1n) is 11.0. The molecular formula is C24H30N2O7S. The van der Waals surface area contributed by atoms with Crippen LogP contribution in [0.15, 0.2) is 54.6 Å². The summed E-state index contributed by atoms with van der Waals surface area (Å²) in [5.74, 6) is -0.732. The molecule has 184 valence electrons. The Kier molecular flexibility index (Phi) is 8.42. The van der Waals surface area contributed by atoms with Gasteiger partial charge < -0.3 is 15.2 Å². The second-order valence-electron chi connectivity index (χ2n) is 8.40. The van der Waals surface area contributed by atoms with E-state index in [0.29, 0.717) is 12.0 Å². The van der Waals surface area contributed by atoms with Crippen LogP contribution in [-0.4, -0.2) is 56.4 Å². The SMILES string of the molecule is CC(C)O[C@H](C(=O)N1C(=O)OC[C@@H]1Cc1ccccc1)[C@H](OS(C)(=O)=O)c1cccc(CN)c1. The van der Waals surface area contributed by atoms with E-state index in [-0.39, 0.29) is 13.2 Å². The van der Waals surface area contributed by atoms with Crippen LogP contribution in [0.4, 0.5) is 4.79 Å². The molecule has 1 heterocycles. The van der Waals surface area contributed by atoms with Gasteiger partial charge in [0.05, 0.1) is 18.4 Å². The molecule has 1 aliphatic rings. The zero-order chi connectivity index (χ0) is 24.9. The molecule has 3 rings (SSSR count). The molecule has 0 saturated carbocycles. The van der Waals surface area contributed by atoms with Crippen LogP contribution in [0.5, 0.6) is 0 Å². The first-order chi connectivity index (χ1) is 16.1. The molecule has 2 N–H and O–H groups in total. The number of nitrogens with zero attached hydrogens (tertiary/aromatic N) is 1. The Morgan fingerprint density at radius 2 is 1.82 bits per heavy atom. The highest BCUT2D eigenvalue weighted by Gasteiger charge is 2.45. The van der Waals surface area contributed by atoms with Gasteiger partial charge in [-0.05, 0) is 37.0 Å². The van der Waals surface area contributed by atoms with E-state index in [1.807, 2.05) is 30.3 Å². The molecule has 2 aromatic rings. The van der Waals surface area contributed by atoms with Crippen LogP contribution in [0, 0.1) is 0 Å². The van der Waals surface area contributed by atoms with Crippen molar-refractivity contribution in [3.05, 3.63) is 71.3 Å². The van der Waals surface area contributed by atoms with Gasteiger partial charge in [-0.3, -0.25) is 8.98 Å². The maximum Gasteiger partial charge on any atom is 0.417 e. The van der Waals surface area contributed by atoms with Crippen molar-refractivity contribution in [3.63, 3.8) is 0 Å². The Morgan fingerprint density at radius 3 is 2.44 bits per heavy atom. The molecule has 0 spiro atoms. The summed E-state index contributed by atoms with van der Waals surface area (Å²) < 4.78 is 40.7. The van der Waals surface area contributed by atoms with Crippen molar-refractivity contribution in [2.24, 2.45) is 5.73 Å². The minimum Gasteiger partial charge on any atom is -0.447 e. The van der Waals surface area contributed by atoms with Gasteiger partial charge in [0.15, 0.2) is 6.10 Å². The number of rotatable bonds is 10. The number of carbonyl (C=O) groups excluding carboxylic acids is 2. The van der Waals surface area contributed by atoms with Crippen LogP contribution < -0.4 is 5.73 Å². The van der Waals surface area contributed by atoms with Crippen molar-refractivity contribution in [3.8, 4) is 0 Å². The molecule has 1 aliphatic heterocycles. The molecule has 2 amide bonds. The van der Waals surface area contributed by atoms with E-state index >= 15 is 0 Å². The Hall–Kier alpha value is -2.79. The molecule has 0 radical (unpaired) electrons. The van der Waals surface area contributed by atoms with Gasteiger partial charge in [0.1, 0.15) is 12.7 Å². The maximum atomic E-state index is 13.7. The largest absolute Gasteiger partial charge is 0.447 e. The number of cyclic esters (lactones) is 1. The minimum absolute atomic E-state index is 0.0219. The minimum atomic E-state index is -4.00. The normalized spacial score (nSPS) is 18.1. The number of benzene rings is 2. The average Bonchev–Trinajstić information content (AvgIpc) is 3.15. The van der Waals surface area contributed by atoms with Gasteiger partial charge in [-0.1, -0.05) is 54.6 Å². The number of carbonyl (C=O) groups is 2. The van der Waals surface area contributed by atoms with Crippen molar-refractivity contribution in [2.75, 3.05) is 12.9 Å². The monoisotopic (exact) mass is 490 g/mol. The predicted molar refractivity (Wildman–Crippen MR) is 125 cm³/mol. The Morgan fingerprint density at radius 1 is 1.15 bits per heavy atom. The zero-order valence-electron chi connectivity index (χ0n) is 19.4. The van der Waals surface area contributed by atoms with Crippen LogP contribution in [0.3, 0.4) is 0 Å². The zero-order valence-corrected chi connectivity index (χ0v) is 20.2. The molecule has 1 saturated heterocycles. The first kappa shape index (κ1) is 25.8. The quantitative estimate of drug-likeness (QED) is 0.504. The molecular weight excluding hydrogens is 460 g/mol. The summed E-state index contributed by atoms with van der Waals surface area (Å²) in [6.07, 6.45) is -2.76. The van der Waals surface area contributed by atoms with E-state index in [1.54, 1.807) is 38.1 Å². The molecule has 1 fully saturated rings. The number of hydrogen-bond donors (Lipinski definition) is 1. The van der Waals surface area contributed by atoms with Gasteiger partial charge in [-0.25, -0.2) is 9.69 Å². The Bertz CT molecular complexity index is 1110. The standard InChI is InChI=1S/C24H30N2O7S/c1-16(2)32-22(21(33-34(3,29)30)19-11-7-10-18(12-19)14-25)23(27)26-20(15-31-24(26)28)13-17-8-5-4-6-9-17/h4-12,16,20-22H,13-15,25H2,1-3H3/t20-,21+,22-/m0/s1. The molecule has 9 nitrogen and oxygen atoms in total. The molecule has 0 aromatic heterocycles. The fourth-order valence-corrected chi connectivity index (χ4v) is 4.41. The summed E-state index contributed by atoms with van der Waals surface area (Å²) in [6, 6.07) is 15.6. The number of imide groups is 1. The molecule has 34 heavy (non-hydrogen) atoms. The molecule has 10 heteroatoms. The van der Waals surface area contributed by atoms with Gasteiger partial charge in [0.2, 0.25) is 0 Å². The van der Waals surface area contributed by atoms with Crippen LogP contribution in [0.1, 0.15) is 36.6 Å². The second kappa shape index (κ2) is 11.1. The summed E-state index contributed by atoms with van der Waals surface area (Å²) in [5.41, 5.74) is 7.77. The average molecular weight is 491 g/mol. The number of nitrogens with two attached hydrogens (primary N) is 1. The smallest absolute Gasteiger partial charge is 0.417 e. The van der Waals surface area contributed by atoms with Crippen molar-refractivity contribution in [1.29, 1.82) is 0 Å². The highest BCUT2D eigenvalue weighted by Crippen LogP contribution is 2.30. The lowest BCUT2D eigenvalue weighted by Gasteiger charge is -2.31. The summed E-state index contributed by atoms with van der Waals surface area (Å²) >= 11 is 0. The van der Waals surface area contributed by atoms with E-state index in [0.717, 1.165) is 22.3 Å². The van der Waals surface area contributed by atoms with Crippen molar-refractivity contribution < 1.29 is 31.7 Å². The maximum absolute atomic E-state index is 13.7. The van der Waals surface area contributed by atoms with Crippen molar-refractivity contribution in [1.82, 2.24) is 4.90 Å². The number of hydrogen-bond acceptors (Lipinski definition) is 8. The predicted octanol–water partition coefficient (Wildman–Crippen LogP) is 2.55. The summed E-state index contributed by atoms with van der Waals surface area (Å²) in [5, 5.41) is 0. The van der Waals surface area contributed by atoms with Crippen LogP contribution >= 0.6 is 0 Å².